The Labute approximate surface area is 196 Å². The number of amides is 1. The molecule has 0 radical (unpaired) electrons. The molecule has 2 fully saturated rings. The number of rotatable bonds is 6. The second-order valence-electron chi connectivity index (χ2n) is 11.0. The topological polar surface area (TPSA) is 87.8 Å². The van der Waals surface area contributed by atoms with Crippen LogP contribution < -0.4 is 5.56 Å². The Hall–Kier alpha value is -2.28. The van der Waals surface area contributed by atoms with Gasteiger partial charge in [0.2, 0.25) is 5.91 Å². The lowest BCUT2D eigenvalue weighted by Gasteiger charge is -2.50. The molecule has 0 bridgehead atoms. The van der Waals surface area contributed by atoms with Crippen LogP contribution in [0.25, 0.3) is 5.57 Å². The summed E-state index contributed by atoms with van der Waals surface area (Å²) in [4.78, 5) is 36.5. The highest BCUT2D eigenvalue weighted by Crippen LogP contribution is 2.40. The van der Waals surface area contributed by atoms with Gasteiger partial charge in [0.05, 0.1) is 30.7 Å². The first-order chi connectivity index (χ1) is 15.7. The first-order valence-electron chi connectivity index (χ1n) is 12.5. The highest BCUT2D eigenvalue weighted by Gasteiger charge is 2.49. The Balaban J connectivity index is 1.40. The number of hydrogen-bond acceptors (Lipinski definition) is 5. The summed E-state index contributed by atoms with van der Waals surface area (Å²) < 4.78 is 1.49. The molecule has 33 heavy (non-hydrogen) atoms. The third-order valence-corrected chi connectivity index (χ3v) is 8.07. The standard InChI is InChI=1S/C26H38N4O3/c1-19(13-20-7-5-4-6-8-20)24(32)29-12-10-26(33,25(2,3)16-29)17-30-18-28-22(14-23(30)31)21-9-11-27-15-21/h9,11,14,18-20,33H,4-8,10,12-13,15-17H2,1-3H3/t19-,26?/m1/s1. The molecule has 0 aromatic carbocycles. The predicted octanol–water partition coefficient (Wildman–Crippen LogP) is 3.31. The SMILES string of the molecule is C[C@H](CC1CCCCC1)C(=O)N1CCC(O)(Cn2cnc(C3=CC=NC3)cc2=O)C(C)(C)C1. The lowest BCUT2D eigenvalue weighted by atomic mass is 9.69. The number of hydrogen-bond donors (Lipinski definition) is 1. The van der Waals surface area contributed by atoms with Gasteiger partial charge in [-0.05, 0) is 24.8 Å². The minimum atomic E-state index is -1.10. The molecule has 1 aromatic heterocycles. The number of carbonyl (C=O) groups excluding carboxylic acids is 1. The van der Waals surface area contributed by atoms with E-state index < -0.39 is 11.0 Å². The zero-order valence-electron chi connectivity index (χ0n) is 20.3. The van der Waals surface area contributed by atoms with Crippen LogP contribution in [0.2, 0.25) is 0 Å². The molecular formula is C26H38N4O3. The van der Waals surface area contributed by atoms with Gasteiger partial charge in [0.1, 0.15) is 0 Å². The van der Waals surface area contributed by atoms with Gasteiger partial charge in [-0.1, -0.05) is 52.9 Å². The molecule has 2 atom stereocenters. The largest absolute Gasteiger partial charge is 0.387 e. The van der Waals surface area contributed by atoms with E-state index in [4.69, 9.17) is 0 Å². The second kappa shape index (κ2) is 9.53. The van der Waals surface area contributed by atoms with Gasteiger partial charge < -0.3 is 10.0 Å². The number of carbonyl (C=O) groups is 1. The number of nitrogens with zero attached hydrogens (tertiary/aromatic N) is 4. The third kappa shape index (κ3) is 5.13. The highest BCUT2D eigenvalue weighted by atomic mass is 16.3. The number of aliphatic imine (C=N–C) groups is 1. The van der Waals surface area contributed by atoms with Gasteiger partial charge in [-0.3, -0.25) is 19.1 Å². The zero-order chi connectivity index (χ0) is 23.6. The van der Waals surface area contributed by atoms with Crippen molar-refractivity contribution < 1.29 is 9.90 Å². The van der Waals surface area contributed by atoms with E-state index in [2.05, 4.69) is 16.9 Å². The molecule has 1 saturated carbocycles. The van der Waals surface area contributed by atoms with Crippen molar-refractivity contribution in [1.29, 1.82) is 0 Å². The summed E-state index contributed by atoms with van der Waals surface area (Å²) in [5.41, 5.74) is -0.277. The summed E-state index contributed by atoms with van der Waals surface area (Å²) in [5.74, 6) is 0.885. The van der Waals surface area contributed by atoms with Crippen LogP contribution in [0.15, 0.2) is 28.3 Å². The summed E-state index contributed by atoms with van der Waals surface area (Å²) in [6.07, 6.45) is 12.9. The predicted molar refractivity (Wildman–Crippen MR) is 130 cm³/mol. The smallest absolute Gasteiger partial charge is 0.253 e. The van der Waals surface area contributed by atoms with Gasteiger partial charge in [-0.15, -0.1) is 0 Å². The maximum Gasteiger partial charge on any atom is 0.253 e. The first kappa shape index (κ1) is 23.9. The fourth-order valence-electron chi connectivity index (χ4n) is 5.69. The zero-order valence-corrected chi connectivity index (χ0v) is 20.3. The van der Waals surface area contributed by atoms with E-state index in [0.29, 0.717) is 37.7 Å². The van der Waals surface area contributed by atoms with Crippen molar-refractivity contribution in [3.8, 4) is 0 Å². The molecule has 3 heterocycles. The van der Waals surface area contributed by atoms with E-state index in [0.717, 1.165) is 12.0 Å². The fraction of sp³-hybridized carbons (Fsp3) is 0.692. The Morgan fingerprint density at radius 3 is 2.67 bits per heavy atom. The van der Waals surface area contributed by atoms with Gasteiger partial charge in [0, 0.05) is 42.3 Å². The molecule has 0 spiro atoms. The molecule has 7 nitrogen and oxygen atoms in total. The summed E-state index contributed by atoms with van der Waals surface area (Å²) in [6.45, 7) is 7.75. The highest BCUT2D eigenvalue weighted by molar-refractivity contribution is 5.88. The molecule has 2 aliphatic heterocycles. The molecule has 1 unspecified atom stereocenters. The Bertz CT molecular complexity index is 989. The molecule has 1 amide bonds. The van der Waals surface area contributed by atoms with Gasteiger partial charge in [0.15, 0.2) is 0 Å². The first-order valence-corrected chi connectivity index (χ1v) is 12.5. The summed E-state index contributed by atoms with van der Waals surface area (Å²) in [7, 11) is 0. The van der Waals surface area contributed by atoms with Gasteiger partial charge >= 0.3 is 0 Å². The Morgan fingerprint density at radius 2 is 2.03 bits per heavy atom. The third-order valence-electron chi connectivity index (χ3n) is 8.07. The van der Waals surface area contributed by atoms with E-state index >= 15 is 0 Å². The molecule has 1 aliphatic carbocycles. The van der Waals surface area contributed by atoms with Crippen LogP contribution in [0, 0.1) is 17.3 Å². The van der Waals surface area contributed by atoms with Crippen molar-refractivity contribution in [3.63, 3.8) is 0 Å². The average Bonchev–Trinajstić information content (AvgIpc) is 3.32. The van der Waals surface area contributed by atoms with Gasteiger partial charge in [0.25, 0.3) is 5.56 Å². The van der Waals surface area contributed by atoms with Crippen molar-refractivity contribution in [2.75, 3.05) is 19.6 Å². The summed E-state index contributed by atoms with van der Waals surface area (Å²) >= 11 is 0. The van der Waals surface area contributed by atoms with Crippen LogP contribution in [0.1, 0.15) is 71.4 Å². The van der Waals surface area contributed by atoms with Crippen LogP contribution in [-0.4, -0.2) is 56.9 Å². The number of aliphatic hydroxyl groups is 1. The van der Waals surface area contributed by atoms with E-state index in [-0.39, 0.29) is 23.9 Å². The van der Waals surface area contributed by atoms with Crippen molar-refractivity contribution in [2.24, 2.45) is 22.2 Å². The quantitative estimate of drug-likeness (QED) is 0.714. The monoisotopic (exact) mass is 454 g/mol. The summed E-state index contributed by atoms with van der Waals surface area (Å²) in [5, 5.41) is 11.6. The van der Waals surface area contributed by atoms with Crippen LogP contribution >= 0.6 is 0 Å². The Kier molecular flexibility index (Phi) is 6.89. The fourth-order valence-corrected chi connectivity index (χ4v) is 5.69. The maximum absolute atomic E-state index is 13.2. The van der Waals surface area contributed by atoms with Crippen LogP contribution in [0.5, 0.6) is 0 Å². The van der Waals surface area contributed by atoms with Crippen LogP contribution in [-0.2, 0) is 11.3 Å². The molecule has 1 N–H and O–H groups in total. The lowest BCUT2D eigenvalue weighted by molar-refractivity contribution is -0.157. The molecule has 3 aliphatic rings. The van der Waals surface area contributed by atoms with Gasteiger partial charge in [-0.2, -0.15) is 0 Å². The summed E-state index contributed by atoms with van der Waals surface area (Å²) in [6, 6.07) is 1.52. The van der Waals surface area contributed by atoms with E-state index in [1.807, 2.05) is 24.8 Å². The van der Waals surface area contributed by atoms with Crippen molar-refractivity contribution in [3.05, 3.63) is 34.5 Å². The molecule has 1 aromatic rings. The number of aromatic nitrogens is 2. The number of likely N-dealkylation sites (tertiary alicyclic amines) is 1. The molecular weight excluding hydrogens is 416 g/mol. The van der Waals surface area contributed by atoms with E-state index in [1.165, 1.54) is 49.1 Å². The van der Waals surface area contributed by atoms with Crippen LogP contribution in [0.3, 0.4) is 0 Å². The minimum absolute atomic E-state index is 0.0170. The lowest BCUT2D eigenvalue weighted by Crippen LogP contribution is -2.61. The molecule has 4 rings (SSSR count). The van der Waals surface area contributed by atoms with Crippen LogP contribution in [0.4, 0.5) is 0 Å². The average molecular weight is 455 g/mol. The van der Waals surface area contributed by atoms with Crippen molar-refractivity contribution in [1.82, 2.24) is 14.5 Å². The van der Waals surface area contributed by atoms with E-state index in [9.17, 15) is 14.7 Å². The molecule has 7 heteroatoms. The number of allylic oxidation sites excluding steroid dienone is 1. The van der Waals surface area contributed by atoms with E-state index in [1.54, 1.807) is 6.21 Å². The second-order valence-corrected chi connectivity index (χ2v) is 11.0. The normalized spacial score (nSPS) is 26.3. The molecule has 180 valence electrons. The van der Waals surface area contributed by atoms with Gasteiger partial charge in [-0.25, -0.2) is 4.98 Å². The van der Waals surface area contributed by atoms with Crippen molar-refractivity contribution >= 4 is 17.7 Å². The molecule has 1 saturated heterocycles. The minimum Gasteiger partial charge on any atom is -0.387 e. The Morgan fingerprint density at radius 1 is 1.27 bits per heavy atom. The van der Waals surface area contributed by atoms with Crippen molar-refractivity contribution in [2.45, 2.75) is 77.9 Å². The maximum atomic E-state index is 13.2. The number of piperidine rings is 1.